The Kier molecular flexibility index (Phi) is 6.91. The monoisotopic (exact) mass is 493 g/mol. The molecule has 3 heterocycles. The van der Waals surface area contributed by atoms with E-state index in [0.29, 0.717) is 34.9 Å². The molecule has 2 aliphatic rings. The molecule has 2 fully saturated rings. The Balaban J connectivity index is 1.14. The van der Waals surface area contributed by atoms with Crippen molar-refractivity contribution in [1.82, 2.24) is 20.6 Å². The molecule has 180 valence electrons. The molecule has 0 atom stereocenters. The van der Waals surface area contributed by atoms with Crippen LogP contribution in [0.5, 0.6) is 0 Å². The summed E-state index contributed by atoms with van der Waals surface area (Å²) in [6.07, 6.45) is 8.68. The van der Waals surface area contributed by atoms with E-state index >= 15 is 0 Å². The van der Waals surface area contributed by atoms with Crippen LogP contribution < -0.4 is 16.0 Å². The van der Waals surface area contributed by atoms with Crippen LogP contribution in [0.4, 0.5) is 15.1 Å². The number of hydrogen-bond donors (Lipinski definition) is 3. The van der Waals surface area contributed by atoms with Crippen molar-refractivity contribution in [2.24, 2.45) is 0 Å². The summed E-state index contributed by atoms with van der Waals surface area (Å²) in [7, 11) is 0. The highest BCUT2D eigenvalue weighted by Gasteiger charge is 2.25. The van der Waals surface area contributed by atoms with Gasteiger partial charge in [0.05, 0.1) is 16.9 Å². The van der Waals surface area contributed by atoms with Crippen LogP contribution in [0.2, 0.25) is 0 Å². The number of nitrogens with one attached hydrogen (secondary N) is 3. The minimum Gasteiger partial charge on any atom is -0.464 e. The van der Waals surface area contributed by atoms with Gasteiger partial charge in [-0.05, 0) is 79.4 Å². The summed E-state index contributed by atoms with van der Waals surface area (Å²) in [5.41, 5.74) is 2.33. The standard InChI is InChI=1S/C25H24FN5O3S/c26-16-4-3-15(20(12-16)21-2-1-11-34-21)14-28-17-5-7-18(8-6-17)29-24-27-10-9-19(30-24)13-22-23(32)31-25(33)35-22/h1-4,9-13,17-18,28H,5-8,14H2,(H,27,29,30)(H,31,32,33)/b22-13-/t17-,18-. The van der Waals surface area contributed by atoms with Gasteiger partial charge in [-0.2, -0.15) is 0 Å². The molecule has 2 aromatic heterocycles. The number of carbonyl (C=O) groups excluding carboxylic acids is 2. The Bertz CT molecular complexity index is 1260. The summed E-state index contributed by atoms with van der Waals surface area (Å²) in [6.45, 7) is 0.632. The first kappa shape index (κ1) is 23.3. The average Bonchev–Trinajstić information content (AvgIpc) is 3.49. The third-order valence-corrected chi connectivity index (χ3v) is 6.91. The van der Waals surface area contributed by atoms with Gasteiger partial charge in [0.1, 0.15) is 11.6 Å². The van der Waals surface area contributed by atoms with Crippen molar-refractivity contribution < 1.29 is 18.4 Å². The number of hydrogen-bond acceptors (Lipinski definition) is 8. The Morgan fingerprint density at radius 1 is 1.14 bits per heavy atom. The molecule has 0 spiro atoms. The molecule has 1 aromatic carbocycles. The van der Waals surface area contributed by atoms with Gasteiger partial charge in [0.2, 0.25) is 5.95 Å². The molecule has 5 rings (SSSR count). The van der Waals surface area contributed by atoms with Crippen LogP contribution in [0.25, 0.3) is 17.4 Å². The van der Waals surface area contributed by atoms with Crippen molar-refractivity contribution in [3.8, 4) is 11.3 Å². The number of benzene rings is 1. The second-order valence-corrected chi connectivity index (χ2v) is 9.52. The van der Waals surface area contributed by atoms with Crippen molar-refractivity contribution in [1.29, 1.82) is 0 Å². The van der Waals surface area contributed by atoms with E-state index in [1.807, 2.05) is 6.07 Å². The predicted octanol–water partition coefficient (Wildman–Crippen LogP) is 4.71. The molecular weight excluding hydrogens is 469 g/mol. The van der Waals surface area contributed by atoms with Crippen molar-refractivity contribution >= 4 is 34.9 Å². The van der Waals surface area contributed by atoms with Gasteiger partial charge in [-0.15, -0.1) is 0 Å². The zero-order valence-corrected chi connectivity index (χ0v) is 19.6. The number of anilines is 1. The lowest BCUT2D eigenvalue weighted by Gasteiger charge is -2.30. The van der Waals surface area contributed by atoms with Gasteiger partial charge in [0, 0.05) is 30.4 Å². The van der Waals surface area contributed by atoms with E-state index in [-0.39, 0.29) is 17.1 Å². The molecule has 0 radical (unpaired) electrons. The summed E-state index contributed by atoms with van der Waals surface area (Å²) in [4.78, 5) is 32.2. The summed E-state index contributed by atoms with van der Waals surface area (Å²) >= 11 is 0.864. The van der Waals surface area contributed by atoms with Gasteiger partial charge in [-0.25, -0.2) is 14.4 Å². The van der Waals surface area contributed by atoms with Crippen molar-refractivity contribution in [3.05, 3.63) is 70.8 Å². The minimum atomic E-state index is -0.407. The summed E-state index contributed by atoms with van der Waals surface area (Å²) in [5, 5.41) is 8.85. The van der Waals surface area contributed by atoms with Crippen molar-refractivity contribution in [2.75, 3.05) is 5.32 Å². The SMILES string of the molecule is O=C1NC(=O)/C(=C/c2ccnc(N[C@H]3CC[C@H](NCc4ccc(F)cc4-c4ccco4)CC3)n2)S1. The second-order valence-electron chi connectivity index (χ2n) is 8.51. The topological polar surface area (TPSA) is 109 Å². The predicted molar refractivity (Wildman–Crippen MR) is 132 cm³/mol. The van der Waals surface area contributed by atoms with Gasteiger partial charge in [0.15, 0.2) is 0 Å². The number of imide groups is 1. The summed E-state index contributed by atoms with van der Waals surface area (Å²) < 4.78 is 19.3. The third kappa shape index (κ3) is 5.77. The molecule has 1 aliphatic carbocycles. The van der Waals surface area contributed by atoms with Gasteiger partial charge in [-0.1, -0.05) is 6.07 Å². The Labute approximate surface area is 205 Å². The Morgan fingerprint density at radius 3 is 2.71 bits per heavy atom. The van der Waals surface area contributed by atoms with Crippen LogP contribution in [-0.4, -0.2) is 33.2 Å². The molecular formula is C25H24FN5O3S. The Morgan fingerprint density at radius 2 is 1.97 bits per heavy atom. The number of rotatable bonds is 7. The number of nitrogens with zero attached hydrogens (tertiary/aromatic N) is 2. The molecule has 8 nitrogen and oxygen atoms in total. The number of thioether (sulfide) groups is 1. The van der Waals surface area contributed by atoms with Crippen molar-refractivity contribution in [3.63, 3.8) is 0 Å². The number of amides is 2. The highest BCUT2D eigenvalue weighted by atomic mass is 32.2. The van der Waals surface area contributed by atoms with Gasteiger partial charge < -0.3 is 15.1 Å². The lowest BCUT2D eigenvalue weighted by molar-refractivity contribution is -0.115. The van der Waals surface area contributed by atoms with E-state index in [1.54, 1.807) is 36.7 Å². The van der Waals surface area contributed by atoms with Crippen LogP contribution >= 0.6 is 11.8 Å². The fourth-order valence-corrected chi connectivity index (χ4v) is 4.99. The first-order valence-electron chi connectivity index (χ1n) is 11.4. The maximum absolute atomic E-state index is 13.8. The first-order chi connectivity index (χ1) is 17.0. The first-order valence-corrected chi connectivity index (χ1v) is 12.3. The Hall–Kier alpha value is -3.50. The highest BCUT2D eigenvalue weighted by molar-refractivity contribution is 8.18. The van der Waals surface area contributed by atoms with Crippen LogP contribution in [0.3, 0.4) is 0 Å². The van der Waals surface area contributed by atoms with E-state index in [0.717, 1.165) is 48.6 Å². The zero-order chi connectivity index (χ0) is 24.2. The normalized spacial score (nSPS) is 21.3. The summed E-state index contributed by atoms with van der Waals surface area (Å²) in [6, 6.07) is 10.7. The largest absolute Gasteiger partial charge is 0.464 e. The fourth-order valence-electron chi connectivity index (χ4n) is 4.32. The zero-order valence-electron chi connectivity index (χ0n) is 18.8. The quantitative estimate of drug-likeness (QED) is 0.406. The molecule has 1 aliphatic heterocycles. The minimum absolute atomic E-state index is 0.242. The molecule has 1 saturated carbocycles. The van der Waals surface area contributed by atoms with Crippen LogP contribution in [0.1, 0.15) is 36.9 Å². The van der Waals surface area contributed by atoms with Gasteiger partial charge in [0.25, 0.3) is 11.1 Å². The van der Waals surface area contributed by atoms with Crippen LogP contribution in [0, 0.1) is 5.82 Å². The number of halogens is 1. The van der Waals surface area contributed by atoms with E-state index in [4.69, 9.17) is 4.42 Å². The van der Waals surface area contributed by atoms with E-state index < -0.39 is 5.91 Å². The molecule has 3 aromatic rings. The third-order valence-electron chi connectivity index (χ3n) is 6.10. The maximum Gasteiger partial charge on any atom is 0.290 e. The highest BCUT2D eigenvalue weighted by Crippen LogP contribution is 2.27. The molecule has 0 unspecified atom stereocenters. The van der Waals surface area contributed by atoms with E-state index in [2.05, 4.69) is 25.9 Å². The fraction of sp³-hybridized carbons (Fsp3) is 0.280. The number of carbonyl (C=O) groups is 2. The smallest absolute Gasteiger partial charge is 0.290 e. The van der Waals surface area contributed by atoms with Crippen molar-refractivity contribution in [2.45, 2.75) is 44.3 Å². The average molecular weight is 494 g/mol. The lowest BCUT2D eigenvalue weighted by atomic mass is 9.91. The lowest BCUT2D eigenvalue weighted by Crippen LogP contribution is -2.37. The van der Waals surface area contributed by atoms with E-state index in [1.165, 1.54) is 12.1 Å². The molecule has 35 heavy (non-hydrogen) atoms. The van der Waals surface area contributed by atoms with E-state index in [9.17, 15) is 14.0 Å². The number of furan rings is 1. The molecule has 0 bridgehead atoms. The van der Waals surface area contributed by atoms with Crippen LogP contribution in [0.15, 0.2) is 58.2 Å². The van der Waals surface area contributed by atoms with Crippen LogP contribution in [-0.2, 0) is 11.3 Å². The van der Waals surface area contributed by atoms with Gasteiger partial charge >= 0.3 is 0 Å². The maximum atomic E-state index is 13.8. The van der Waals surface area contributed by atoms with Gasteiger partial charge in [-0.3, -0.25) is 14.9 Å². The summed E-state index contributed by atoms with van der Waals surface area (Å²) in [5.74, 6) is 0.467. The second kappa shape index (κ2) is 10.4. The molecule has 2 amide bonds. The number of aromatic nitrogens is 2. The molecule has 10 heteroatoms. The molecule has 1 saturated heterocycles. The molecule has 3 N–H and O–H groups in total.